The molecule has 2 aromatic carbocycles. The molecule has 0 radical (unpaired) electrons. The maximum atomic E-state index is 14.0. The van der Waals surface area contributed by atoms with E-state index in [4.69, 9.17) is 0 Å². The lowest BCUT2D eigenvalue weighted by molar-refractivity contribution is -0.136. The largest absolute Gasteiger partial charge is 0.337 e. The maximum absolute atomic E-state index is 14.0. The zero-order valence-electron chi connectivity index (χ0n) is 18.3. The number of hydrogen-bond acceptors (Lipinski definition) is 4. The molecule has 1 aliphatic carbocycles. The number of carbonyl (C=O) groups is 4. The molecule has 1 atom stereocenters. The summed E-state index contributed by atoms with van der Waals surface area (Å²) < 4.78 is 14.0. The van der Waals surface area contributed by atoms with Crippen molar-refractivity contribution in [3.63, 3.8) is 0 Å². The van der Waals surface area contributed by atoms with Crippen LogP contribution in [0.5, 0.6) is 0 Å². The lowest BCUT2D eigenvalue weighted by atomic mass is 9.64. The van der Waals surface area contributed by atoms with E-state index < -0.39 is 11.9 Å². The molecule has 1 N–H and O–H groups in total. The Balaban J connectivity index is 1.13. The number of piperidine rings is 1. The van der Waals surface area contributed by atoms with Gasteiger partial charge in [0.25, 0.3) is 11.8 Å². The standard InChI is InChI=1S/C26H22FN3O4/c27-20-4-2-1-3-18(20)17-10-26(11-17)13-29(14-26)24(33)15-5-6-19-16(9-15)12-30(25(19)34)21-7-8-22(31)28-23(21)32/h1-6,9-10,21H,7-8,11-14H2,(H,28,31,32). The third kappa shape index (κ3) is 3.16. The van der Waals surface area contributed by atoms with Crippen molar-refractivity contribution in [2.45, 2.75) is 31.8 Å². The molecule has 0 saturated carbocycles. The average molecular weight is 459 g/mol. The number of benzene rings is 2. The van der Waals surface area contributed by atoms with Crippen LogP contribution in [0, 0.1) is 11.2 Å². The molecule has 4 amide bonds. The van der Waals surface area contributed by atoms with Gasteiger partial charge in [-0.15, -0.1) is 0 Å². The quantitative estimate of drug-likeness (QED) is 0.715. The number of carbonyl (C=O) groups excluding carboxylic acids is 4. The van der Waals surface area contributed by atoms with Gasteiger partial charge in [0.15, 0.2) is 0 Å². The van der Waals surface area contributed by atoms with E-state index in [9.17, 15) is 23.6 Å². The summed E-state index contributed by atoms with van der Waals surface area (Å²) in [4.78, 5) is 52.8. The molecule has 2 saturated heterocycles. The summed E-state index contributed by atoms with van der Waals surface area (Å²) in [5.74, 6) is -1.37. The Labute approximate surface area is 195 Å². The first-order valence-electron chi connectivity index (χ1n) is 11.4. The summed E-state index contributed by atoms with van der Waals surface area (Å²) in [5.41, 5.74) is 3.22. The Kier molecular flexibility index (Phi) is 4.49. The Hall–Kier alpha value is -3.81. The molecule has 34 heavy (non-hydrogen) atoms. The zero-order valence-corrected chi connectivity index (χ0v) is 18.3. The molecule has 8 heteroatoms. The fourth-order valence-electron chi connectivity index (χ4n) is 5.57. The van der Waals surface area contributed by atoms with Crippen molar-refractivity contribution in [2.24, 2.45) is 5.41 Å². The monoisotopic (exact) mass is 459 g/mol. The summed E-state index contributed by atoms with van der Waals surface area (Å²) in [7, 11) is 0. The lowest BCUT2D eigenvalue weighted by Crippen LogP contribution is -2.60. The highest BCUT2D eigenvalue weighted by molar-refractivity contribution is 6.06. The molecule has 0 aromatic heterocycles. The highest BCUT2D eigenvalue weighted by atomic mass is 19.1. The number of allylic oxidation sites excluding steroid dienone is 1. The number of imide groups is 1. The van der Waals surface area contributed by atoms with Crippen molar-refractivity contribution in [3.05, 3.63) is 76.6 Å². The van der Waals surface area contributed by atoms with Gasteiger partial charge in [0.05, 0.1) is 0 Å². The highest BCUT2D eigenvalue weighted by Gasteiger charge is 2.49. The molecular weight excluding hydrogens is 437 g/mol. The normalized spacial score (nSPS) is 22.7. The molecule has 6 rings (SSSR count). The number of likely N-dealkylation sites (tertiary alicyclic amines) is 1. The summed E-state index contributed by atoms with van der Waals surface area (Å²) in [5, 5.41) is 2.29. The first-order chi connectivity index (χ1) is 16.3. The zero-order chi connectivity index (χ0) is 23.6. The van der Waals surface area contributed by atoms with E-state index in [1.165, 1.54) is 11.0 Å². The Bertz CT molecular complexity index is 1310. The van der Waals surface area contributed by atoms with E-state index in [2.05, 4.69) is 11.4 Å². The number of rotatable bonds is 3. The molecule has 1 spiro atoms. The summed E-state index contributed by atoms with van der Waals surface area (Å²) >= 11 is 0. The smallest absolute Gasteiger partial charge is 0.255 e. The molecule has 7 nitrogen and oxygen atoms in total. The Morgan fingerprint density at radius 1 is 1.06 bits per heavy atom. The van der Waals surface area contributed by atoms with Crippen molar-refractivity contribution in [1.82, 2.24) is 15.1 Å². The van der Waals surface area contributed by atoms with Crippen LogP contribution >= 0.6 is 0 Å². The van der Waals surface area contributed by atoms with Gasteiger partial charge >= 0.3 is 0 Å². The van der Waals surface area contributed by atoms with E-state index >= 15 is 0 Å². The predicted molar refractivity (Wildman–Crippen MR) is 120 cm³/mol. The fraction of sp³-hybridized carbons (Fsp3) is 0.308. The van der Waals surface area contributed by atoms with Gasteiger partial charge in [0, 0.05) is 48.2 Å². The Morgan fingerprint density at radius 3 is 2.56 bits per heavy atom. The Morgan fingerprint density at radius 2 is 1.82 bits per heavy atom. The molecule has 3 heterocycles. The fourth-order valence-corrected chi connectivity index (χ4v) is 5.57. The predicted octanol–water partition coefficient (Wildman–Crippen LogP) is 2.52. The van der Waals surface area contributed by atoms with Gasteiger partial charge in [-0.05, 0) is 48.2 Å². The van der Waals surface area contributed by atoms with Gasteiger partial charge in [-0.25, -0.2) is 4.39 Å². The summed E-state index contributed by atoms with van der Waals surface area (Å²) in [6.45, 7) is 1.41. The van der Waals surface area contributed by atoms with Gasteiger partial charge in [0.1, 0.15) is 11.9 Å². The van der Waals surface area contributed by atoms with Crippen molar-refractivity contribution >= 4 is 29.2 Å². The minimum Gasteiger partial charge on any atom is -0.337 e. The van der Waals surface area contributed by atoms with Gasteiger partial charge in [-0.2, -0.15) is 0 Å². The van der Waals surface area contributed by atoms with Crippen LogP contribution in [0.4, 0.5) is 4.39 Å². The van der Waals surface area contributed by atoms with Crippen LogP contribution in [0.15, 0.2) is 48.5 Å². The number of hydrogen-bond donors (Lipinski definition) is 1. The molecule has 1 unspecified atom stereocenters. The second-order valence-electron chi connectivity index (χ2n) is 9.62. The van der Waals surface area contributed by atoms with Crippen LogP contribution in [0.3, 0.4) is 0 Å². The molecule has 4 aliphatic rings. The van der Waals surface area contributed by atoms with Crippen molar-refractivity contribution < 1.29 is 23.6 Å². The van der Waals surface area contributed by atoms with Crippen LogP contribution in [0.1, 0.15) is 51.1 Å². The van der Waals surface area contributed by atoms with Gasteiger partial charge in [0.2, 0.25) is 11.8 Å². The van der Waals surface area contributed by atoms with Crippen LogP contribution < -0.4 is 5.32 Å². The van der Waals surface area contributed by atoms with Crippen LogP contribution in [-0.2, 0) is 16.1 Å². The summed E-state index contributed by atoms with van der Waals surface area (Å²) in [6, 6.07) is 11.1. The highest BCUT2D eigenvalue weighted by Crippen LogP contribution is 2.50. The molecule has 2 fully saturated rings. The lowest BCUT2D eigenvalue weighted by Gasteiger charge is -2.54. The van der Waals surface area contributed by atoms with Crippen molar-refractivity contribution in [3.8, 4) is 0 Å². The topological polar surface area (TPSA) is 86.8 Å². The minimum absolute atomic E-state index is 0.0808. The average Bonchev–Trinajstić information content (AvgIpc) is 3.08. The third-order valence-electron chi connectivity index (χ3n) is 7.31. The molecule has 172 valence electrons. The first-order valence-corrected chi connectivity index (χ1v) is 11.4. The molecular formula is C26H22FN3O4. The molecule has 0 bridgehead atoms. The van der Waals surface area contributed by atoms with Gasteiger partial charge in [-0.3, -0.25) is 24.5 Å². The van der Waals surface area contributed by atoms with Gasteiger partial charge in [-0.1, -0.05) is 24.3 Å². The van der Waals surface area contributed by atoms with Crippen LogP contribution in [0.25, 0.3) is 5.57 Å². The van der Waals surface area contributed by atoms with E-state index in [1.54, 1.807) is 35.2 Å². The summed E-state index contributed by atoms with van der Waals surface area (Å²) in [6.07, 6.45) is 3.32. The number of amides is 4. The second-order valence-corrected chi connectivity index (χ2v) is 9.62. The van der Waals surface area contributed by atoms with Crippen molar-refractivity contribution in [1.29, 1.82) is 0 Å². The van der Waals surface area contributed by atoms with E-state index in [0.717, 1.165) is 12.0 Å². The molecule has 2 aromatic rings. The van der Waals surface area contributed by atoms with E-state index in [1.807, 2.05) is 6.07 Å². The van der Waals surface area contributed by atoms with Crippen LogP contribution in [-0.4, -0.2) is 52.6 Å². The van der Waals surface area contributed by atoms with Gasteiger partial charge < -0.3 is 9.80 Å². The van der Waals surface area contributed by atoms with Crippen LogP contribution in [0.2, 0.25) is 0 Å². The SMILES string of the molecule is O=C1CCC(N2Cc3cc(C(=O)N4CC5(C=C(c6ccccc6F)C5)C4)ccc3C2=O)C(=O)N1. The number of nitrogens with one attached hydrogen (secondary N) is 1. The van der Waals surface area contributed by atoms with E-state index in [0.29, 0.717) is 41.8 Å². The third-order valence-corrected chi connectivity index (χ3v) is 7.31. The van der Waals surface area contributed by atoms with Crippen molar-refractivity contribution in [2.75, 3.05) is 13.1 Å². The molecule has 3 aliphatic heterocycles. The number of halogens is 1. The second kappa shape index (κ2) is 7.35. The maximum Gasteiger partial charge on any atom is 0.255 e. The number of fused-ring (bicyclic) bond motifs is 1. The minimum atomic E-state index is -0.680. The van der Waals surface area contributed by atoms with E-state index in [-0.39, 0.29) is 41.9 Å². The first kappa shape index (κ1) is 20.8. The number of nitrogens with zero attached hydrogens (tertiary/aromatic N) is 2.